The molecule has 1 atom stereocenters. The molecular formula is C32H34FN7O3. The third kappa shape index (κ3) is 6.48. The van der Waals surface area contributed by atoms with Crippen LogP contribution in [0.4, 0.5) is 15.0 Å². The number of aromatic nitrogens is 4. The van der Waals surface area contributed by atoms with Gasteiger partial charge in [0.1, 0.15) is 22.9 Å². The number of benzene rings is 2. The van der Waals surface area contributed by atoms with E-state index in [4.69, 9.17) is 10.00 Å². The molecule has 11 heteroatoms. The van der Waals surface area contributed by atoms with Crippen LogP contribution in [-0.4, -0.2) is 61.6 Å². The molecule has 43 heavy (non-hydrogen) atoms. The molecule has 1 aliphatic heterocycles. The van der Waals surface area contributed by atoms with E-state index in [9.17, 15) is 9.59 Å². The molecular weight excluding hydrogens is 549 g/mol. The fourth-order valence-electron chi connectivity index (χ4n) is 5.35. The maximum atomic E-state index is 15.8. The Balaban J connectivity index is 1.53. The van der Waals surface area contributed by atoms with Gasteiger partial charge >= 0.3 is 6.09 Å². The van der Waals surface area contributed by atoms with Crippen molar-refractivity contribution in [2.75, 3.05) is 18.0 Å². The molecule has 0 N–H and O–H groups in total. The summed E-state index contributed by atoms with van der Waals surface area (Å²) >= 11 is 0. The van der Waals surface area contributed by atoms with Crippen LogP contribution in [0.3, 0.4) is 0 Å². The van der Waals surface area contributed by atoms with Gasteiger partial charge in [-0.25, -0.2) is 14.2 Å². The molecule has 10 nitrogen and oxygen atoms in total. The first-order chi connectivity index (χ1) is 20.6. The molecule has 3 heterocycles. The maximum absolute atomic E-state index is 15.8. The predicted octanol–water partition coefficient (Wildman–Crippen LogP) is 5.90. The smallest absolute Gasteiger partial charge is 0.410 e. The van der Waals surface area contributed by atoms with Crippen molar-refractivity contribution in [3.63, 3.8) is 0 Å². The van der Waals surface area contributed by atoms with E-state index >= 15 is 4.39 Å². The molecule has 2 amide bonds. The van der Waals surface area contributed by atoms with Gasteiger partial charge in [-0.3, -0.25) is 14.4 Å². The zero-order valence-electron chi connectivity index (χ0n) is 24.7. The number of hydrogen-bond acceptors (Lipinski definition) is 7. The molecule has 0 aliphatic carbocycles. The van der Waals surface area contributed by atoms with E-state index in [1.807, 2.05) is 52.0 Å². The van der Waals surface area contributed by atoms with Crippen LogP contribution in [0.25, 0.3) is 22.0 Å². The van der Waals surface area contributed by atoms with Gasteiger partial charge in [-0.15, -0.1) is 5.10 Å². The monoisotopic (exact) mass is 583 g/mol. The van der Waals surface area contributed by atoms with Gasteiger partial charge in [0, 0.05) is 30.2 Å². The molecule has 2 aromatic heterocycles. The van der Waals surface area contributed by atoms with Crippen molar-refractivity contribution in [3.05, 3.63) is 71.8 Å². The van der Waals surface area contributed by atoms with Gasteiger partial charge in [0.25, 0.3) is 5.91 Å². The standard InChI is InChI=1S/C32H34FN7O3/c1-21-8-5-9-22-13-15-35-29(28(21)22)40(24-10-6-16-38(19-24)31(42)43-32(2,3)4)30(41)25-12-11-23(18-26(25)33)27-20-39(37-36-27)17-7-14-34/h5,8-9,11-13,15,18,20,24H,6-7,10,16-17,19H2,1-4H3/t24-/m1/s1. The number of amides is 2. The molecule has 1 saturated heterocycles. The van der Waals surface area contributed by atoms with Crippen LogP contribution in [0.2, 0.25) is 0 Å². The molecule has 5 rings (SSSR count). The first kappa shape index (κ1) is 29.6. The number of halogens is 1. The van der Waals surface area contributed by atoms with E-state index in [2.05, 4.69) is 21.4 Å². The second-order valence-corrected chi connectivity index (χ2v) is 11.7. The molecule has 0 saturated carbocycles. The number of carbonyl (C=O) groups excluding carboxylic acids is 2. The van der Waals surface area contributed by atoms with Gasteiger partial charge in [-0.2, -0.15) is 5.26 Å². The summed E-state index contributed by atoms with van der Waals surface area (Å²) < 4.78 is 22.9. The highest BCUT2D eigenvalue weighted by Crippen LogP contribution is 2.33. The normalized spacial score (nSPS) is 15.3. The molecule has 0 unspecified atom stereocenters. The number of pyridine rings is 1. The molecule has 0 spiro atoms. The highest BCUT2D eigenvalue weighted by molar-refractivity contribution is 6.11. The first-order valence-corrected chi connectivity index (χ1v) is 14.3. The number of nitrogens with zero attached hydrogens (tertiary/aromatic N) is 7. The minimum absolute atomic E-state index is 0.123. The number of carbonyl (C=O) groups is 2. The van der Waals surface area contributed by atoms with Crippen molar-refractivity contribution in [2.45, 2.75) is 65.1 Å². The van der Waals surface area contributed by atoms with Crippen LogP contribution in [0, 0.1) is 24.1 Å². The Morgan fingerprint density at radius 3 is 2.77 bits per heavy atom. The number of anilines is 1. The van der Waals surface area contributed by atoms with E-state index in [1.165, 1.54) is 16.8 Å². The van der Waals surface area contributed by atoms with Crippen molar-refractivity contribution in [3.8, 4) is 17.3 Å². The maximum Gasteiger partial charge on any atom is 0.410 e. The summed E-state index contributed by atoms with van der Waals surface area (Å²) in [6.45, 7) is 8.46. The van der Waals surface area contributed by atoms with Crippen molar-refractivity contribution in [1.82, 2.24) is 24.9 Å². The Labute approximate surface area is 249 Å². The third-order valence-electron chi connectivity index (χ3n) is 7.33. The van der Waals surface area contributed by atoms with E-state index in [0.717, 1.165) is 16.3 Å². The lowest BCUT2D eigenvalue weighted by Gasteiger charge is -2.39. The third-order valence-corrected chi connectivity index (χ3v) is 7.33. The van der Waals surface area contributed by atoms with E-state index in [0.29, 0.717) is 43.0 Å². The molecule has 222 valence electrons. The summed E-state index contributed by atoms with van der Waals surface area (Å²) in [5.74, 6) is -0.850. The first-order valence-electron chi connectivity index (χ1n) is 14.3. The Bertz CT molecular complexity index is 1700. The van der Waals surface area contributed by atoms with E-state index in [1.54, 1.807) is 28.3 Å². The highest BCUT2D eigenvalue weighted by atomic mass is 19.1. The average Bonchev–Trinajstić information content (AvgIpc) is 3.45. The van der Waals surface area contributed by atoms with Gasteiger partial charge in [-0.05, 0) is 69.7 Å². The van der Waals surface area contributed by atoms with Crippen LogP contribution in [0.1, 0.15) is 56.0 Å². The number of nitriles is 1. The zero-order chi connectivity index (χ0) is 30.7. The molecule has 4 aromatic rings. The molecule has 2 aromatic carbocycles. The molecule has 0 radical (unpaired) electrons. The Morgan fingerprint density at radius 1 is 1.21 bits per heavy atom. The van der Waals surface area contributed by atoms with E-state index < -0.39 is 29.5 Å². The van der Waals surface area contributed by atoms with Crippen LogP contribution >= 0.6 is 0 Å². The lowest BCUT2D eigenvalue weighted by Crippen LogP contribution is -2.53. The summed E-state index contributed by atoms with van der Waals surface area (Å²) in [6, 6.07) is 13.6. The summed E-state index contributed by atoms with van der Waals surface area (Å²) in [5, 5.41) is 18.6. The molecule has 0 bridgehead atoms. The van der Waals surface area contributed by atoms with E-state index in [-0.39, 0.29) is 18.5 Å². The topological polar surface area (TPSA) is 117 Å². The number of aryl methyl sites for hydroxylation is 2. The van der Waals surface area contributed by atoms with Gasteiger partial charge in [-0.1, -0.05) is 29.5 Å². The summed E-state index contributed by atoms with van der Waals surface area (Å²) in [7, 11) is 0. The van der Waals surface area contributed by atoms with Crippen LogP contribution in [0.15, 0.2) is 54.9 Å². The van der Waals surface area contributed by atoms with Gasteiger partial charge < -0.3 is 9.64 Å². The van der Waals surface area contributed by atoms with Crippen molar-refractivity contribution >= 4 is 28.6 Å². The quantitative estimate of drug-likeness (QED) is 0.277. The zero-order valence-corrected chi connectivity index (χ0v) is 24.7. The van der Waals surface area contributed by atoms with Crippen LogP contribution in [0.5, 0.6) is 0 Å². The molecule has 1 aliphatic rings. The van der Waals surface area contributed by atoms with Gasteiger partial charge in [0.05, 0.1) is 36.8 Å². The largest absolute Gasteiger partial charge is 0.444 e. The Kier molecular flexibility index (Phi) is 8.39. The Hall–Kier alpha value is -4.85. The fraction of sp³-hybridized carbons (Fsp3) is 0.375. The van der Waals surface area contributed by atoms with Crippen molar-refractivity contribution in [1.29, 1.82) is 5.26 Å². The SMILES string of the molecule is Cc1cccc2ccnc(N(C(=O)c3ccc(-c4cn(CCC#N)nn4)cc3F)[C@@H]3CCCN(C(=O)OC(C)(C)C)C3)c12. The number of fused-ring (bicyclic) bond motifs is 1. The van der Waals surface area contributed by atoms with Crippen molar-refractivity contribution < 1.29 is 18.7 Å². The number of likely N-dealkylation sites (tertiary alicyclic amines) is 1. The number of piperidine rings is 1. The summed E-state index contributed by atoms with van der Waals surface area (Å²) in [4.78, 5) is 35.1. The number of hydrogen-bond donors (Lipinski definition) is 0. The van der Waals surface area contributed by atoms with Gasteiger partial charge in [0.15, 0.2) is 0 Å². The molecule has 1 fully saturated rings. The Morgan fingerprint density at radius 2 is 2.02 bits per heavy atom. The second kappa shape index (κ2) is 12.2. The minimum atomic E-state index is -0.712. The van der Waals surface area contributed by atoms with Crippen molar-refractivity contribution in [2.24, 2.45) is 0 Å². The number of ether oxygens (including phenoxy) is 1. The average molecular weight is 584 g/mol. The number of rotatable bonds is 6. The lowest BCUT2D eigenvalue weighted by atomic mass is 9.99. The predicted molar refractivity (Wildman–Crippen MR) is 160 cm³/mol. The van der Waals surface area contributed by atoms with Gasteiger partial charge in [0.2, 0.25) is 0 Å². The fourth-order valence-corrected chi connectivity index (χ4v) is 5.35. The minimum Gasteiger partial charge on any atom is -0.444 e. The summed E-state index contributed by atoms with van der Waals surface area (Å²) in [5.41, 5.74) is 1.02. The van der Waals surface area contributed by atoms with Crippen LogP contribution in [-0.2, 0) is 11.3 Å². The lowest BCUT2D eigenvalue weighted by molar-refractivity contribution is 0.0196. The summed E-state index contributed by atoms with van der Waals surface area (Å²) in [6.07, 6.45) is 4.33. The highest BCUT2D eigenvalue weighted by Gasteiger charge is 2.36. The second-order valence-electron chi connectivity index (χ2n) is 11.7. The van der Waals surface area contributed by atoms with Crippen LogP contribution < -0.4 is 4.90 Å².